The molecule has 5 rings (SSSR count). The van der Waals surface area contributed by atoms with Gasteiger partial charge in [-0.05, 0) is 48.5 Å². The molecule has 0 saturated heterocycles. The standard InChI is InChI=1S/C34H20F2O4/c35-29-17-13-27(14-18-29)33(39)25-9-5-23(6-10-25)31(37)21-1-2-22(4-3-21)32(38)24-7-11-26(12-8-24)34(40)28-15-19-30(36)20-16-28/h1-20H. The Morgan fingerprint density at radius 3 is 0.550 bits per heavy atom. The number of ketones is 4. The number of hydrogen-bond acceptors (Lipinski definition) is 4. The number of hydrogen-bond donors (Lipinski definition) is 0. The summed E-state index contributed by atoms with van der Waals surface area (Å²) in [6.45, 7) is 0. The van der Waals surface area contributed by atoms with Crippen molar-refractivity contribution in [1.29, 1.82) is 0 Å². The van der Waals surface area contributed by atoms with E-state index in [4.69, 9.17) is 0 Å². The molecule has 0 spiro atoms. The zero-order valence-corrected chi connectivity index (χ0v) is 20.9. The number of carbonyl (C=O) groups is 4. The van der Waals surface area contributed by atoms with E-state index in [1.165, 1.54) is 48.5 Å². The molecule has 6 heteroatoms. The third-order valence-electron chi connectivity index (χ3n) is 6.44. The molecule has 5 aromatic rings. The lowest BCUT2D eigenvalue weighted by molar-refractivity contribution is 0.102. The van der Waals surface area contributed by atoms with E-state index in [2.05, 4.69) is 0 Å². The van der Waals surface area contributed by atoms with Crippen LogP contribution in [0.4, 0.5) is 8.78 Å². The van der Waals surface area contributed by atoms with E-state index in [1.54, 1.807) is 72.8 Å². The van der Waals surface area contributed by atoms with Crippen molar-refractivity contribution in [2.75, 3.05) is 0 Å². The van der Waals surface area contributed by atoms with Gasteiger partial charge in [0.1, 0.15) is 11.6 Å². The van der Waals surface area contributed by atoms with Gasteiger partial charge in [0, 0.05) is 44.5 Å². The molecule has 40 heavy (non-hydrogen) atoms. The van der Waals surface area contributed by atoms with E-state index >= 15 is 0 Å². The van der Waals surface area contributed by atoms with Crippen LogP contribution >= 0.6 is 0 Å². The van der Waals surface area contributed by atoms with Crippen molar-refractivity contribution in [3.8, 4) is 0 Å². The molecule has 0 saturated carbocycles. The van der Waals surface area contributed by atoms with Crippen LogP contribution in [0.5, 0.6) is 0 Å². The molecular weight excluding hydrogens is 510 g/mol. The number of rotatable bonds is 8. The minimum absolute atomic E-state index is 0.275. The lowest BCUT2D eigenvalue weighted by Gasteiger charge is -2.06. The van der Waals surface area contributed by atoms with Gasteiger partial charge in [-0.2, -0.15) is 0 Å². The summed E-state index contributed by atoms with van der Waals surface area (Å²) in [5.74, 6) is -1.98. The lowest BCUT2D eigenvalue weighted by Crippen LogP contribution is -2.06. The minimum atomic E-state index is -0.432. The first-order chi connectivity index (χ1) is 19.3. The second kappa shape index (κ2) is 11.2. The molecule has 194 valence electrons. The molecule has 0 aliphatic carbocycles. The van der Waals surface area contributed by atoms with E-state index in [0.717, 1.165) is 0 Å². The van der Waals surface area contributed by atoms with Crippen LogP contribution in [0.15, 0.2) is 121 Å². The van der Waals surface area contributed by atoms with Gasteiger partial charge >= 0.3 is 0 Å². The summed E-state index contributed by atoms with van der Waals surface area (Å²) < 4.78 is 26.3. The Bertz CT molecular complexity index is 1590. The fourth-order valence-electron chi connectivity index (χ4n) is 4.19. The number of benzene rings is 5. The Balaban J connectivity index is 1.26. The normalized spacial score (nSPS) is 10.7. The first-order valence-corrected chi connectivity index (χ1v) is 12.3. The van der Waals surface area contributed by atoms with Crippen LogP contribution < -0.4 is 0 Å². The van der Waals surface area contributed by atoms with Crippen molar-refractivity contribution < 1.29 is 28.0 Å². The number of halogens is 2. The highest BCUT2D eigenvalue weighted by atomic mass is 19.1. The fourth-order valence-corrected chi connectivity index (χ4v) is 4.19. The summed E-state index contributed by atoms with van der Waals surface area (Å²) in [6.07, 6.45) is 0. The molecule has 0 amide bonds. The molecule has 0 unspecified atom stereocenters. The molecule has 0 radical (unpaired) electrons. The first-order valence-electron chi connectivity index (χ1n) is 12.3. The summed E-state index contributed by atoms with van der Waals surface area (Å²) in [5.41, 5.74) is 2.91. The summed E-state index contributed by atoms with van der Waals surface area (Å²) >= 11 is 0. The average Bonchev–Trinajstić information content (AvgIpc) is 3.00. The molecule has 0 fully saturated rings. The van der Waals surface area contributed by atoms with Crippen LogP contribution in [-0.2, 0) is 0 Å². The summed E-state index contributed by atoms with van der Waals surface area (Å²) in [7, 11) is 0. The maximum absolute atomic E-state index is 13.1. The van der Waals surface area contributed by atoms with Crippen molar-refractivity contribution in [3.63, 3.8) is 0 Å². The third-order valence-corrected chi connectivity index (χ3v) is 6.44. The van der Waals surface area contributed by atoms with Crippen molar-refractivity contribution in [1.82, 2.24) is 0 Å². The third kappa shape index (κ3) is 5.56. The number of carbonyl (C=O) groups excluding carboxylic acids is 4. The van der Waals surface area contributed by atoms with Gasteiger partial charge in [-0.15, -0.1) is 0 Å². The Hall–Kier alpha value is -5.36. The highest BCUT2D eigenvalue weighted by molar-refractivity contribution is 6.14. The van der Waals surface area contributed by atoms with Gasteiger partial charge in [-0.1, -0.05) is 72.8 Å². The SMILES string of the molecule is O=C(c1ccc(F)cc1)c1ccc(C(=O)c2ccc(C(=O)c3ccc(C(=O)c4ccc(F)cc4)cc3)cc2)cc1. The van der Waals surface area contributed by atoms with E-state index in [-0.39, 0.29) is 23.1 Å². The van der Waals surface area contributed by atoms with Gasteiger partial charge in [0.2, 0.25) is 0 Å². The Morgan fingerprint density at radius 2 is 0.400 bits per heavy atom. The zero-order valence-electron chi connectivity index (χ0n) is 20.9. The molecule has 0 atom stereocenters. The topological polar surface area (TPSA) is 68.3 Å². The second-order valence-corrected chi connectivity index (χ2v) is 9.06. The molecule has 5 aromatic carbocycles. The second-order valence-electron chi connectivity index (χ2n) is 9.06. The van der Waals surface area contributed by atoms with E-state index in [9.17, 15) is 28.0 Å². The van der Waals surface area contributed by atoms with Gasteiger partial charge in [0.15, 0.2) is 23.1 Å². The van der Waals surface area contributed by atoms with Gasteiger partial charge < -0.3 is 0 Å². The van der Waals surface area contributed by atoms with Crippen LogP contribution in [0.3, 0.4) is 0 Å². The van der Waals surface area contributed by atoms with E-state index < -0.39 is 11.6 Å². The zero-order chi connectivity index (χ0) is 28.2. The first kappa shape index (κ1) is 26.3. The van der Waals surface area contributed by atoms with Gasteiger partial charge in [-0.25, -0.2) is 8.78 Å². The molecule has 0 aliphatic rings. The van der Waals surface area contributed by atoms with Crippen LogP contribution in [0, 0.1) is 11.6 Å². The molecular formula is C34H20F2O4. The largest absolute Gasteiger partial charge is 0.289 e. The Kier molecular flexibility index (Phi) is 7.33. The maximum Gasteiger partial charge on any atom is 0.193 e. The fraction of sp³-hybridized carbons (Fsp3) is 0. The highest BCUT2D eigenvalue weighted by Crippen LogP contribution is 2.18. The molecule has 0 bridgehead atoms. The van der Waals surface area contributed by atoms with Crippen LogP contribution in [0.1, 0.15) is 63.7 Å². The van der Waals surface area contributed by atoms with Crippen LogP contribution in [0.25, 0.3) is 0 Å². The predicted molar refractivity (Wildman–Crippen MR) is 146 cm³/mol. The molecule has 0 N–H and O–H groups in total. The lowest BCUT2D eigenvalue weighted by atomic mass is 9.96. The summed E-state index contributed by atoms with van der Waals surface area (Å²) in [6, 6.07) is 29.1. The minimum Gasteiger partial charge on any atom is -0.289 e. The summed E-state index contributed by atoms with van der Waals surface area (Å²) in [5, 5.41) is 0. The van der Waals surface area contributed by atoms with E-state index in [1.807, 2.05) is 0 Å². The van der Waals surface area contributed by atoms with Crippen LogP contribution in [0.2, 0.25) is 0 Å². The monoisotopic (exact) mass is 530 g/mol. The smallest absolute Gasteiger partial charge is 0.193 e. The van der Waals surface area contributed by atoms with E-state index in [0.29, 0.717) is 44.5 Å². The molecule has 4 nitrogen and oxygen atoms in total. The molecule has 0 aromatic heterocycles. The van der Waals surface area contributed by atoms with Gasteiger partial charge in [0.05, 0.1) is 0 Å². The maximum atomic E-state index is 13.1. The summed E-state index contributed by atoms with van der Waals surface area (Å²) in [4.78, 5) is 51.1. The van der Waals surface area contributed by atoms with Gasteiger partial charge in [0.25, 0.3) is 0 Å². The average molecular weight is 531 g/mol. The quantitative estimate of drug-likeness (QED) is 0.205. The molecule has 0 heterocycles. The van der Waals surface area contributed by atoms with Crippen molar-refractivity contribution >= 4 is 23.1 Å². The van der Waals surface area contributed by atoms with Gasteiger partial charge in [-0.3, -0.25) is 19.2 Å². The van der Waals surface area contributed by atoms with Crippen molar-refractivity contribution in [2.45, 2.75) is 0 Å². The molecule has 0 aliphatic heterocycles. The Morgan fingerprint density at radius 1 is 0.275 bits per heavy atom. The van der Waals surface area contributed by atoms with Crippen molar-refractivity contribution in [3.05, 3.63) is 177 Å². The predicted octanol–water partition coefficient (Wildman–Crippen LogP) is 6.89. The Labute approximate surface area is 228 Å². The highest BCUT2D eigenvalue weighted by Gasteiger charge is 2.16. The van der Waals surface area contributed by atoms with Crippen molar-refractivity contribution in [2.24, 2.45) is 0 Å². The van der Waals surface area contributed by atoms with Crippen LogP contribution in [-0.4, -0.2) is 23.1 Å².